The Hall–Kier alpha value is -3.79. The Morgan fingerprint density at radius 1 is 0.909 bits per heavy atom. The Bertz CT molecular complexity index is 1490. The van der Waals surface area contributed by atoms with E-state index < -0.39 is 11.0 Å². The zero-order valence-electron chi connectivity index (χ0n) is 18.8. The molecular weight excluding hydrogens is 412 g/mol. The summed E-state index contributed by atoms with van der Waals surface area (Å²) in [6.07, 6.45) is 2.65. The van der Waals surface area contributed by atoms with E-state index >= 15 is 0 Å². The van der Waals surface area contributed by atoms with E-state index in [0.29, 0.717) is 23.3 Å². The van der Waals surface area contributed by atoms with Gasteiger partial charge in [0.1, 0.15) is 22.8 Å². The molecule has 0 saturated heterocycles. The fraction of sp³-hybridized carbons (Fsp3) is 0.207. The molecule has 3 aromatic carbocycles. The first-order chi connectivity index (χ1) is 15.9. The van der Waals surface area contributed by atoms with Crippen LogP contribution in [-0.4, -0.2) is 0 Å². The Balaban J connectivity index is 1.66. The maximum Gasteiger partial charge on any atom is 0.343 e. The number of ether oxygens (including phenoxy) is 2. The van der Waals surface area contributed by atoms with Gasteiger partial charge in [-0.3, -0.25) is 0 Å². The van der Waals surface area contributed by atoms with Crippen molar-refractivity contribution in [1.82, 2.24) is 0 Å². The van der Waals surface area contributed by atoms with Crippen molar-refractivity contribution in [2.45, 2.75) is 38.2 Å². The molecule has 0 aliphatic carbocycles. The first kappa shape index (κ1) is 19.9. The van der Waals surface area contributed by atoms with Gasteiger partial charge in [0, 0.05) is 29.0 Å². The third-order valence-electron chi connectivity index (χ3n) is 6.67. The largest absolute Gasteiger partial charge is 0.477 e. The summed E-state index contributed by atoms with van der Waals surface area (Å²) in [5.74, 6) is 2.12. The number of fused-ring (bicyclic) bond motifs is 5. The number of hydrogen-bond donors (Lipinski definition) is 0. The highest BCUT2D eigenvalue weighted by molar-refractivity contribution is 5.85. The van der Waals surface area contributed by atoms with E-state index in [0.717, 1.165) is 33.6 Å². The van der Waals surface area contributed by atoms with Crippen LogP contribution in [0.25, 0.3) is 16.7 Å². The molecule has 4 heteroatoms. The molecule has 3 heterocycles. The molecule has 1 unspecified atom stereocenters. The van der Waals surface area contributed by atoms with Crippen LogP contribution in [0.5, 0.6) is 11.5 Å². The summed E-state index contributed by atoms with van der Waals surface area (Å²) in [5.41, 5.74) is 2.54. The molecule has 0 fully saturated rings. The predicted molar refractivity (Wildman–Crippen MR) is 129 cm³/mol. The maximum absolute atomic E-state index is 13.1. The van der Waals surface area contributed by atoms with E-state index in [2.05, 4.69) is 45.0 Å². The van der Waals surface area contributed by atoms with Gasteiger partial charge in [0.2, 0.25) is 0 Å². The molecule has 6 rings (SSSR count). The molecule has 164 valence electrons. The second kappa shape index (κ2) is 6.85. The number of benzene rings is 3. The first-order valence-corrected chi connectivity index (χ1v) is 11.2. The van der Waals surface area contributed by atoms with Gasteiger partial charge >= 0.3 is 5.63 Å². The van der Waals surface area contributed by atoms with Crippen LogP contribution in [0.2, 0.25) is 0 Å². The topological polar surface area (TPSA) is 48.7 Å². The molecule has 0 amide bonds. The van der Waals surface area contributed by atoms with Gasteiger partial charge < -0.3 is 13.9 Å². The van der Waals surface area contributed by atoms with E-state index in [4.69, 9.17) is 13.9 Å². The minimum absolute atomic E-state index is 0.341. The summed E-state index contributed by atoms with van der Waals surface area (Å²) in [7, 11) is 0. The van der Waals surface area contributed by atoms with Gasteiger partial charge in [-0.1, -0.05) is 68.4 Å². The van der Waals surface area contributed by atoms with E-state index in [1.165, 1.54) is 0 Å². The Kier molecular flexibility index (Phi) is 4.12. The Morgan fingerprint density at radius 3 is 2.48 bits per heavy atom. The fourth-order valence-electron chi connectivity index (χ4n) is 5.25. The van der Waals surface area contributed by atoms with E-state index in [9.17, 15) is 4.79 Å². The smallest absolute Gasteiger partial charge is 0.343 e. The lowest BCUT2D eigenvalue weighted by Crippen LogP contribution is -2.46. The van der Waals surface area contributed by atoms with E-state index in [1.54, 1.807) is 6.07 Å². The van der Waals surface area contributed by atoms with Gasteiger partial charge in [-0.2, -0.15) is 0 Å². The van der Waals surface area contributed by atoms with E-state index in [-0.39, 0.29) is 5.63 Å². The lowest BCUT2D eigenvalue weighted by atomic mass is 9.69. The van der Waals surface area contributed by atoms with Crippen LogP contribution in [0.1, 0.15) is 42.5 Å². The molecule has 0 N–H and O–H groups in total. The second-order valence-corrected chi connectivity index (χ2v) is 9.62. The minimum Gasteiger partial charge on any atom is -0.477 e. The molecule has 0 saturated carbocycles. The third kappa shape index (κ3) is 3.01. The van der Waals surface area contributed by atoms with Crippen LogP contribution in [0.3, 0.4) is 0 Å². The fourth-order valence-corrected chi connectivity index (χ4v) is 5.25. The third-order valence-corrected chi connectivity index (χ3v) is 6.67. The molecule has 2 aliphatic heterocycles. The predicted octanol–water partition coefficient (Wildman–Crippen LogP) is 6.49. The lowest BCUT2D eigenvalue weighted by Gasteiger charge is -2.46. The monoisotopic (exact) mass is 436 g/mol. The first-order valence-electron chi connectivity index (χ1n) is 11.2. The molecular formula is C29H24O4. The van der Waals surface area contributed by atoms with Gasteiger partial charge in [-0.25, -0.2) is 4.79 Å². The number of aryl methyl sites for hydroxylation is 1. The van der Waals surface area contributed by atoms with Crippen LogP contribution in [0, 0.1) is 6.92 Å². The quantitative estimate of drug-likeness (QED) is 0.320. The molecule has 4 aromatic rings. The SMILES string of the molecule is Cc1ccc2c(c1)OC(c1ccccc1)=CC21CC(C)(C)c2c(c3ccccc3oc2=O)O1. The van der Waals surface area contributed by atoms with Crippen molar-refractivity contribution in [1.29, 1.82) is 0 Å². The molecule has 0 radical (unpaired) electrons. The molecule has 2 aliphatic rings. The molecule has 33 heavy (non-hydrogen) atoms. The summed E-state index contributed by atoms with van der Waals surface area (Å²) >= 11 is 0. The zero-order valence-corrected chi connectivity index (χ0v) is 18.8. The normalized spacial score (nSPS) is 20.4. The highest BCUT2D eigenvalue weighted by Crippen LogP contribution is 2.54. The van der Waals surface area contributed by atoms with Crippen LogP contribution >= 0.6 is 0 Å². The van der Waals surface area contributed by atoms with Crippen LogP contribution < -0.4 is 15.1 Å². The zero-order chi connectivity index (χ0) is 22.8. The van der Waals surface area contributed by atoms with Crippen molar-refractivity contribution in [3.8, 4) is 11.5 Å². The second-order valence-electron chi connectivity index (χ2n) is 9.62. The van der Waals surface area contributed by atoms with Crippen molar-refractivity contribution in [3.05, 3.63) is 112 Å². The van der Waals surface area contributed by atoms with Gasteiger partial charge in [0.25, 0.3) is 0 Å². The van der Waals surface area contributed by atoms with Gasteiger partial charge in [0.05, 0.1) is 10.9 Å². The summed E-state index contributed by atoms with van der Waals surface area (Å²) < 4.78 is 19.0. The van der Waals surface area contributed by atoms with Crippen molar-refractivity contribution < 1.29 is 13.9 Å². The number of para-hydroxylation sites is 1. The van der Waals surface area contributed by atoms with Gasteiger partial charge in [0.15, 0.2) is 5.60 Å². The average molecular weight is 437 g/mol. The van der Waals surface area contributed by atoms with Crippen LogP contribution in [-0.2, 0) is 11.0 Å². The minimum atomic E-state index is -0.792. The van der Waals surface area contributed by atoms with Crippen molar-refractivity contribution in [3.63, 3.8) is 0 Å². The Morgan fingerprint density at radius 2 is 1.67 bits per heavy atom. The van der Waals surface area contributed by atoms with Crippen LogP contribution in [0.15, 0.2) is 88.1 Å². The Labute approximate surface area is 192 Å². The number of hydrogen-bond acceptors (Lipinski definition) is 4. The van der Waals surface area contributed by atoms with Crippen molar-refractivity contribution in [2.24, 2.45) is 0 Å². The average Bonchev–Trinajstić information content (AvgIpc) is 2.78. The molecule has 1 atom stereocenters. The van der Waals surface area contributed by atoms with Crippen LogP contribution in [0.4, 0.5) is 0 Å². The summed E-state index contributed by atoms with van der Waals surface area (Å²) in [5, 5.41) is 0.800. The molecule has 1 spiro atoms. The molecule has 4 nitrogen and oxygen atoms in total. The highest BCUT2D eigenvalue weighted by Gasteiger charge is 2.50. The van der Waals surface area contributed by atoms with Gasteiger partial charge in [-0.15, -0.1) is 0 Å². The number of rotatable bonds is 1. The standard InChI is InChI=1S/C29H24O4/c1-18-13-14-21-23(15-18)31-24(19-9-5-4-6-10-19)16-29(21)17-28(2,3)25-26(33-29)20-11-7-8-12-22(20)32-27(25)30/h4-16H,17H2,1-3H3. The van der Waals surface area contributed by atoms with Gasteiger partial charge in [-0.05, 0) is 30.7 Å². The maximum atomic E-state index is 13.1. The summed E-state index contributed by atoms with van der Waals surface area (Å²) in [6.45, 7) is 6.22. The van der Waals surface area contributed by atoms with E-state index in [1.807, 2.05) is 48.5 Å². The molecule has 0 bridgehead atoms. The molecule has 1 aromatic heterocycles. The lowest BCUT2D eigenvalue weighted by molar-refractivity contribution is 0.0540. The summed E-state index contributed by atoms with van der Waals surface area (Å²) in [4.78, 5) is 13.1. The van der Waals surface area contributed by atoms with Crippen molar-refractivity contribution in [2.75, 3.05) is 0 Å². The summed E-state index contributed by atoms with van der Waals surface area (Å²) in [6, 6.07) is 23.8. The van der Waals surface area contributed by atoms with Crippen molar-refractivity contribution >= 4 is 16.7 Å². The highest BCUT2D eigenvalue weighted by atomic mass is 16.5.